The maximum atomic E-state index is 13.0. The van der Waals surface area contributed by atoms with Gasteiger partial charge in [-0.25, -0.2) is 9.18 Å². The molecule has 0 atom stereocenters. The first-order valence-corrected chi connectivity index (χ1v) is 5.80. The Morgan fingerprint density at radius 3 is 2.47 bits per heavy atom. The second-order valence-corrected chi connectivity index (χ2v) is 4.52. The number of carbonyl (C=O) groups is 1. The van der Waals surface area contributed by atoms with Crippen LogP contribution in [0.1, 0.15) is 15.9 Å². The summed E-state index contributed by atoms with van der Waals surface area (Å²) in [5.41, 5.74) is 1.49. The smallest absolute Gasteiger partial charge is 0.339 e. The predicted molar refractivity (Wildman–Crippen MR) is 70.2 cm³/mol. The zero-order chi connectivity index (χ0) is 14.2. The lowest BCUT2D eigenvalue weighted by Gasteiger charge is -2.11. The number of aromatic hydroxyl groups is 1. The normalized spacial score (nSPS) is 10.5. The lowest BCUT2D eigenvalue weighted by atomic mass is 9.97. The van der Waals surface area contributed by atoms with Crippen molar-refractivity contribution < 1.29 is 19.4 Å². The molecule has 19 heavy (non-hydrogen) atoms. The molecular formula is C14H10ClFO3. The Hall–Kier alpha value is -2.07. The molecule has 0 saturated heterocycles. The molecule has 3 nitrogen and oxygen atoms in total. The molecule has 98 valence electrons. The third kappa shape index (κ3) is 2.53. The number of aromatic carboxylic acids is 1. The van der Waals surface area contributed by atoms with Crippen LogP contribution in [0.4, 0.5) is 4.39 Å². The molecule has 5 heteroatoms. The van der Waals surface area contributed by atoms with E-state index in [0.29, 0.717) is 16.7 Å². The molecule has 0 fully saturated rings. The van der Waals surface area contributed by atoms with Gasteiger partial charge in [-0.1, -0.05) is 11.6 Å². The minimum absolute atomic E-state index is 0.185. The van der Waals surface area contributed by atoms with Crippen molar-refractivity contribution in [1.29, 1.82) is 0 Å². The topological polar surface area (TPSA) is 57.5 Å². The third-order valence-electron chi connectivity index (χ3n) is 2.79. The molecule has 0 heterocycles. The molecule has 0 spiro atoms. The van der Waals surface area contributed by atoms with Crippen molar-refractivity contribution >= 4 is 17.6 Å². The number of aryl methyl sites for hydroxylation is 1. The Kier molecular flexibility index (Phi) is 3.44. The molecule has 0 aliphatic heterocycles. The molecule has 0 saturated carbocycles. The lowest BCUT2D eigenvalue weighted by Crippen LogP contribution is -1.98. The average molecular weight is 281 g/mol. The Morgan fingerprint density at radius 1 is 1.21 bits per heavy atom. The molecular weight excluding hydrogens is 271 g/mol. The Balaban J connectivity index is 2.68. The van der Waals surface area contributed by atoms with E-state index in [1.807, 2.05) is 0 Å². The van der Waals surface area contributed by atoms with Crippen LogP contribution in [0.2, 0.25) is 5.02 Å². The van der Waals surface area contributed by atoms with Gasteiger partial charge in [-0.3, -0.25) is 0 Å². The van der Waals surface area contributed by atoms with Crippen LogP contribution in [0.5, 0.6) is 5.75 Å². The number of halogens is 2. The molecule has 0 unspecified atom stereocenters. The van der Waals surface area contributed by atoms with E-state index in [4.69, 9.17) is 16.7 Å². The van der Waals surface area contributed by atoms with Gasteiger partial charge in [-0.05, 0) is 48.4 Å². The minimum atomic E-state index is -1.24. The van der Waals surface area contributed by atoms with Crippen LogP contribution in [0.3, 0.4) is 0 Å². The van der Waals surface area contributed by atoms with Crippen LogP contribution in [0.25, 0.3) is 11.1 Å². The van der Waals surface area contributed by atoms with Gasteiger partial charge >= 0.3 is 5.97 Å². The predicted octanol–water partition coefficient (Wildman–Crippen LogP) is 3.86. The van der Waals surface area contributed by atoms with Gasteiger partial charge in [0.05, 0.1) is 5.02 Å². The standard InChI is InChI=1S/C14H10ClFO3/c1-7-4-13(17)11(14(18)19)6-10(7)9-3-2-8(16)5-12(9)15/h2-6,17H,1H3,(H,18,19). The fourth-order valence-electron chi connectivity index (χ4n) is 1.86. The van der Waals surface area contributed by atoms with Crippen molar-refractivity contribution in [2.45, 2.75) is 6.92 Å². The van der Waals surface area contributed by atoms with Gasteiger partial charge in [-0.15, -0.1) is 0 Å². The van der Waals surface area contributed by atoms with Crippen LogP contribution >= 0.6 is 11.6 Å². The number of carboxylic acid groups (broad SMARTS) is 1. The number of rotatable bonds is 2. The number of hydrogen-bond donors (Lipinski definition) is 2. The average Bonchev–Trinajstić information content (AvgIpc) is 2.30. The summed E-state index contributed by atoms with van der Waals surface area (Å²) in [4.78, 5) is 11.0. The van der Waals surface area contributed by atoms with E-state index in [9.17, 15) is 14.3 Å². The third-order valence-corrected chi connectivity index (χ3v) is 3.11. The van der Waals surface area contributed by atoms with Gasteiger partial charge in [0.2, 0.25) is 0 Å². The van der Waals surface area contributed by atoms with Gasteiger partial charge in [0.25, 0.3) is 0 Å². The molecule has 2 aromatic carbocycles. The van der Waals surface area contributed by atoms with Crippen LogP contribution in [0, 0.1) is 12.7 Å². The van der Waals surface area contributed by atoms with Crippen molar-refractivity contribution in [3.05, 3.63) is 52.3 Å². The summed E-state index contributed by atoms with van der Waals surface area (Å²) in [7, 11) is 0. The van der Waals surface area contributed by atoms with Crippen molar-refractivity contribution in [2.75, 3.05) is 0 Å². The van der Waals surface area contributed by atoms with Gasteiger partial charge in [-0.2, -0.15) is 0 Å². The highest BCUT2D eigenvalue weighted by Crippen LogP contribution is 2.34. The summed E-state index contributed by atoms with van der Waals surface area (Å²) in [6.45, 7) is 1.71. The molecule has 0 amide bonds. The van der Waals surface area contributed by atoms with Crippen LogP contribution in [-0.4, -0.2) is 16.2 Å². The zero-order valence-electron chi connectivity index (χ0n) is 9.95. The van der Waals surface area contributed by atoms with Crippen LogP contribution < -0.4 is 0 Å². The molecule has 0 bridgehead atoms. The second kappa shape index (κ2) is 4.90. The maximum absolute atomic E-state index is 13.0. The lowest BCUT2D eigenvalue weighted by molar-refractivity contribution is 0.0694. The van der Waals surface area contributed by atoms with E-state index in [1.165, 1.54) is 24.3 Å². The molecule has 2 aromatic rings. The van der Waals surface area contributed by atoms with Crippen LogP contribution in [-0.2, 0) is 0 Å². The highest BCUT2D eigenvalue weighted by atomic mass is 35.5. The molecule has 0 aliphatic carbocycles. The quantitative estimate of drug-likeness (QED) is 0.878. The van der Waals surface area contributed by atoms with Crippen molar-refractivity contribution in [3.63, 3.8) is 0 Å². The van der Waals surface area contributed by atoms with E-state index in [2.05, 4.69) is 0 Å². The number of benzene rings is 2. The number of hydrogen-bond acceptors (Lipinski definition) is 2. The summed E-state index contributed by atoms with van der Waals surface area (Å²) >= 11 is 5.96. The van der Waals surface area contributed by atoms with Crippen LogP contribution in [0.15, 0.2) is 30.3 Å². The highest BCUT2D eigenvalue weighted by Gasteiger charge is 2.15. The Morgan fingerprint density at radius 2 is 1.89 bits per heavy atom. The first-order chi connectivity index (χ1) is 8.90. The second-order valence-electron chi connectivity index (χ2n) is 4.11. The monoisotopic (exact) mass is 280 g/mol. The fraction of sp³-hybridized carbons (Fsp3) is 0.0714. The highest BCUT2D eigenvalue weighted by molar-refractivity contribution is 6.33. The van der Waals surface area contributed by atoms with Crippen molar-refractivity contribution in [1.82, 2.24) is 0 Å². The van der Waals surface area contributed by atoms with E-state index in [1.54, 1.807) is 6.92 Å². The Labute approximate surface area is 113 Å². The van der Waals surface area contributed by atoms with Gasteiger partial charge in [0.15, 0.2) is 0 Å². The van der Waals surface area contributed by atoms with Crippen molar-refractivity contribution in [2.24, 2.45) is 0 Å². The summed E-state index contributed by atoms with van der Waals surface area (Å²) < 4.78 is 13.0. The Bertz CT molecular complexity index is 668. The zero-order valence-corrected chi connectivity index (χ0v) is 10.7. The summed E-state index contributed by atoms with van der Waals surface area (Å²) in [5.74, 6) is -2.02. The number of carboxylic acids is 1. The van der Waals surface area contributed by atoms with Crippen molar-refractivity contribution in [3.8, 4) is 16.9 Å². The minimum Gasteiger partial charge on any atom is -0.507 e. The van der Waals surface area contributed by atoms with Gasteiger partial charge < -0.3 is 10.2 Å². The molecule has 0 aliphatic rings. The summed E-state index contributed by atoms with van der Waals surface area (Å²) in [5, 5.41) is 18.7. The molecule has 0 aromatic heterocycles. The van der Waals surface area contributed by atoms with E-state index >= 15 is 0 Å². The SMILES string of the molecule is Cc1cc(O)c(C(=O)O)cc1-c1ccc(F)cc1Cl. The fourth-order valence-corrected chi connectivity index (χ4v) is 2.13. The summed E-state index contributed by atoms with van der Waals surface area (Å²) in [6, 6.07) is 6.55. The molecule has 2 rings (SSSR count). The van der Waals surface area contributed by atoms with E-state index in [-0.39, 0.29) is 16.3 Å². The largest absolute Gasteiger partial charge is 0.507 e. The van der Waals surface area contributed by atoms with Gasteiger partial charge in [0, 0.05) is 5.56 Å². The van der Waals surface area contributed by atoms with Gasteiger partial charge in [0.1, 0.15) is 17.1 Å². The first kappa shape index (κ1) is 13.4. The summed E-state index contributed by atoms with van der Waals surface area (Å²) in [6.07, 6.45) is 0. The number of phenols is 1. The molecule has 2 N–H and O–H groups in total. The van der Waals surface area contributed by atoms with E-state index in [0.717, 1.165) is 6.07 Å². The van der Waals surface area contributed by atoms with E-state index < -0.39 is 11.8 Å². The maximum Gasteiger partial charge on any atom is 0.339 e. The first-order valence-electron chi connectivity index (χ1n) is 5.42. The molecule has 0 radical (unpaired) electrons.